The van der Waals surface area contributed by atoms with Crippen LogP contribution in [0.5, 0.6) is 5.75 Å². The van der Waals surface area contributed by atoms with E-state index in [-0.39, 0.29) is 11.6 Å². The summed E-state index contributed by atoms with van der Waals surface area (Å²) in [4.78, 5) is 15.2. The molecule has 0 radical (unpaired) electrons. The number of hydrogen-bond donors (Lipinski definition) is 2. The van der Waals surface area contributed by atoms with Crippen molar-refractivity contribution >= 4 is 29.4 Å². The Labute approximate surface area is 167 Å². The van der Waals surface area contributed by atoms with Gasteiger partial charge in [-0.15, -0.1) is 0 Å². The summed E-state index contributed by atoms with van der Waals surface area (Å²) < 4.78 is 28.8. The predicted molar refractivity (Wildman–Crippen MR) is 109 cm³/mol. The van der Waals surface area contributed by atoms with E-state index in [1.807, 2.05) is 0 Å². The molecule has 0 aliphatic carbocycles. The summed E-state index contributed by atoms with van der Waals surface area (Å²) in [5.74, 6) is 1.85. The fraction of sp³-hybridized carbons (Fsp3) is 0.300. The number of aromatic nitrogens is 2. The summed E-state index contributed by atoms with van der Waals surface area (Å²) in [7, 11) is 0. The summed E-state index contributed by atoms with van der Waals surface area (Å²) in [5, 5.41) is 7.62. The third kappa shape index (κ3) is 5.56. The third-order valence-corrected chi connectivity index (χ3v) is 4.45. The fourth-order valence-electron chi connectivity index (χ4n) is 3.03. The average molecular weight is 400 g/mol. The molecule has 2 aromatic rings. The van der Waals surface area contributed by atoms with Crippen LogP contribution in [0.15, 0.2) is 47.6 Å². The van der Waals surface area contributed by atoms with Crippen LogP contribution >= 0.6 is 0 Å². The quantitative estimate of drug-likeness (QED) is 0.546. The van der Waals surface area contributed by atoms with Gasteiger partial charge in [0.05, 0.1) is 0 Å². The molecule has 1 aliphatic heterocycles. The normalized spacial score (nSPS) is 17.7. The smallest absolute Gasteiger partial charge is 0.387 e. The van der Waals surface area contributed by atoms with E-state index >= 15 is 0 Å². The van der Waals surface area contributed by atoms with Gasteiger partial charge in [-0.3, -0.25) is 0 Å². The van der Waals surface area contributed by atoms with Gasteiger partial charge in [-0.2, -0.15) is 13.8 Å². The number of allylic oxidation sites excluding steroid dienone is 1. The zero-order chi connectivity index (χ0) is 20.8. The molecule has 0 amide bonds. The van der Waals surface area contributed by atoms with Crippen molar-refractivity contribution in [3.8, 4) is 5.75 Å². The first-order valence-electron chi connectivity index (χ1n) is 9.14. The molecule has 1 aromatic carbocycles. The molecule has 0 spiro atoms. The van der Waals surface area contributed by atoms with Crippen LogP contribution in [0, 0.1) is 11.3 Å². The minimum Gasteiger partial charge on any atom is -0.435 e. The van der Waals surface area contributed by atoms with E-state index in [1.165, 1.54) is 18.2 Å². The molecule has 0 saturated carbocycles. The highest BCUT2D eigenvalue weighted by atomic mass is 19.3. The lowest BCUT2D eigenvalue weighted by atomic mass is 10.1. The molecule has 9 heteroatoms. The van der Waals surface area contributed by atoms with Gasteiger partial charge in [0, 0.05) is 37.1 Å². The molecule has 1 aromatic heterocycles. The highest BCUT2D eigenvalue weighted by molar-refractivity contribution is 6.15. The van der Waals surface area contributed by atoms with Crippen molar-refractivity contribution in [1.82, 2.24) is 9.97 Å². The minimum absolute atomic E-state index is 0.0412. The maximum Gasteiger partial charge on any atom is 0.387 e. The molecular formula is C20H22F2N6O. The predicted octanol–water partition coefficient (Wildman–Crippen LogP) is 3.65. The zero-order valence-corrected chi connectivity index (χ0v) is 15.9. The number of aliphatic imine (C=N–C) groups is 1. The van der Waals surface area contributed by atoms with Crippen molar-refractivity contribution in [2.24, 2.45) is 16.6 Å². The van der Waals surface area contributed by atoms with Gasteiger partial charge in [-0.25, -0.2) is 9.98 Å². The molecule has 1 fully saturated rings. The molecule has 1 aliphatic rings. The van der Waals surface area contributed by atoms with Gasteiger partial charge >= 0.3 is 6.61 Å². The van der Waals surface area contributed by atoms with E-state index in [9.17, 15) is 8.78 Å². The van der Waals surface area contributed by atoms with Gasteiger partial charge in [0.25, 0.3) is 0 Å². The molecule has 1 atom stereocenters. The first-order chi connectivity index (χ1) is 13.9. The molecule has 152 valence electrons. The van der Waals surface area contributed by atoms with Gasteiger partial charge in [0.2, 0.25) is 5.95 Å². The van der Waals surface area contributed by atoms with Gasteiger partial charge < -0.3 is 20.8 Å². The van der Waals surface area contributed by atoms with Crippen molar-refractivity contribution in [1.29, 1.82) is 5.41 Å². The van der Waals surface area contributed by atoms with Gasteiger partial charge in [0.1, 0.15) is 11.6 Å². The summed E-state index contributed by atoms with van der Waals surface area (Å²) in [6.07, 6.45) is 5.38. The van der Waals surface area contributed by atoms with Crippen LogP contribution in [0.1, 0.15) is 18.9 Å². The first-order valence-corrected chi connectivity index (χ1v) is 9.14. The number of anilines is 1. The lowest BCUT2D eigenvalue weighted by molar-refractivity contribution is -0.0498. The Hall–Kier alpha value is -3.36. The number of hydrogen-bond acceptors (Lipinski definition) is 6. The Kier molecular flexibility index (Phi) is 6.48. The number of ether oxygens (including phenoxy) is 1. The molecule has 3 rings (SSSR count). The van der Waals surface area contributed by atoms with Crippen molar-refractivity contribution < 1.29 is 13.5 Å². The minimum atomic E-state index is -2.89. The largest absolute Gasteiger partial charge is 0.435 e. The van der Waals surface area contributed by atoms with Crippen LogP contribution in [-0.2, 0) is 0 Å². The highest BCUT2D eigenvalue weighted by Crippen LogP contribution is 2.22. The Morgan fingerprint density at radius 2 is 2.10 bits per heavy atom. The van der Waals surface area contributed by atoms with Gasteiger partial charge in [0.15, 0.2) is 5.82 Å². The molecule has 7 nitrogen and oxygen atoms in total. The Balaban J connectivity index is 1.77. The molecule has 1 unspecified atom stereocenters. The van der Waals surface area contributed by atoms with E-state index in [1.54, 1.807) is 24.4 Å². The lowest BCUT2D eigenvalue weighted by Crippen LogP contribution is -2.21. The first kappa shape index (κ1) is 20.4. The van der Waals surface area contributed by atoms with Gasteiger partial charge in [-0.05, 0) is 36.1 Å². The van der Waals surface area contributed by atoms with Crippen LogP contribution in [0.3, 0.4) is 0 Å². The summed E-state index contributed by atoms with van der Waals surface area (Å²) in [5.41, 5.74) is 7.10. The monoisotopic (exact) mass is 400 g/mol. The van der Waals surface area contributed by atoms with Crippen LogP contribution in [-0.4, -0.2) is 41.7 Å². The number of nitrogens with zero attached hydrogens (tertiary/aromatic N) is 4. The molecule has 0 bridgehead atoms. The number of benzene rings is 1. The standard InChI is InChI=1S/C20H22F2N6O/c1-13-7-9-28(12-13)20-25-8-6-18(27-20)26-17(24)10-15(11-23)14-2-4-16(5-3-14)29-19(21)22/h2-6,8,10-11,13,19,23H,7,9,12H2,1H3,(H2,24,25,26,27)/b15-10+,23-11?. The SMILES string of the molecule is CC1CCN(c2nccc(N=C(N)/C=C(\C=N)c3ccc(OC(F)F)cc3)n2)C1. The summed E-state index contributed by atoms with van der Waals surface area (Å²) in [6, 6.07) is 7.60. The van der Waals surface area contributed by atoms with Crippen LogP contribution < -0.4 is 15.4 Å². The maximum atomic E-state index is 12.3. The second kappa shape index (κ2) is 9.22. The number of rotatable bonds is 7. The second-order valence-electron chi connectivity index (χ2n) is 6.74. The number of amidine groups is 1. The summed E-state index contributed by atoms with van der Waals surface area (Å²) in [6.45, 7) is 1.12. The Morgan fingerprint density at radius 1 is 1.34 bits per heavy atom. The Morgan fingerprint density at radius 3 is 2.72 bits per heavy atom. The van der Waals surface area contributed by atoms with Crippen molar-refractivity contribution in [2.45, 2.75) is 20.0 Å². The van der Waals surface area contributed by atoms with Gasteiger partial charge in [-0.1, -0.05) is 19.1 Å². The van der Waals surface area contributed by atoms with E-state index in [2.05, 4.69) is 31.5 Å². The Bertz CT molecular complexity index is 913. The van der Waals surface area contributed by atoms with Crippen molar-refractivity contribution in [3.05, 3.63) is 48.2 Å². The molecule has 29 heavy (non-hydrogen) atoms. The van der Waals surface area contributed by atoms with Crippen molar-refractivity contribution in [2.75, 3.05) is 18.0 Å². The second-order valence-corrected chi connectivity index (χ2v) is 6.74. The van der Waals surface area contributed by atoms with Crippen LogP contribution in [0.25, 0.3) is 5.57 Å². The average Bonchev–Trinajstić information content (AvgIpc) is 3.13. The molecule has 3 N–H and O–H groups in total. The van der Waals surface area contributed by atoms with E-state index < -0.39 is 6.61 Å². The van der Waals surface area contributed by atoms with Crippen LogP contribution in [0.2, 0.25) is 0 Å². The topological polar surface area (TPSA) is 100 Å². The lowest BCUT2D eigenvalue weighted by Gasteiger charge is -2.15. The number of nitrogens with one attached hydrogen (secondary N) is 1. The van der Waals surface area contributed by atoms with Crippen molar-refractivity contribution in [3.63, 3.8) is 0 Å². The van der Waals surface area contributed by atoms with Crippen LogP contribution in [0.4, 0.5) is 20.5 Å². The van der Waals surface area contributed by atoms with E-state index in [0.717, 1.165) is 25.7 Å². The maximum absolute atomic E-state index is 12.3. The molecular weight excluding hydrogens is 378 g/mol. The van der Waals surface area contributed by atoms with E-state index in [4.69, 9.17) is 11.1 Å². The highest BCUT2D eigenvalue weighted by Gasteiger charge is 2.20. The zero-order valence-electron chi connectivity index (χ0n) is 15.9. The molecule has 2 heterocycles. The summed E-state index contributed by atoms with van der Waals surface area (Å²) >= 11 is 0. The number of alkyl halides is 2. The number of halogens is 2. The number of nitrogens with two attached hydrogens (primary N) is 1. The van der Waals surface area contributed by atoms with E-state index in [0.29, 0.717) is 28.8 Å². The molecule has 1 saturated heterocycles. The fourth-order valence-corrected chi connectivity index (χ4v) is 3.03. The third-order valence-electron chi connectivity index (χ3n) is 4.45.